The van der Waals surface area contributed by atoms with Crippen molar-refractivity contribution in [1.82, 2.24) is 0 Å². The summed E-state index contributed by atoms with van der Waals surface area (Å²) in [7, 11) is -1.44. The molecule has 0 atom stereocenters. The highest BCUT2D eigenvalue weighted by atomic mass is 35.6. The molecule has 0 radical (unpaired) electrons. The monoisotopic (exact) mass is 218 g/mol. The van der Waals surface area contributed by atoms with Crippen molar-refractivity contribution in [2.24, 2.45) is 0 Å². The van der Waals surface area contributed by atoms with Gasteiger partial charge >= 0.3 is 0 Å². The van der Waals surface area contributed by atoms with E-state index in [1.165, 1.54) is 37.8 Å². The van der Waals surface area contributed by atoms with E-state index in [0.29, 0.717) is 0 Å². The lowest BCUT2D eigenvalue weighted by Gasteiger charge is -2.22. The molecule has 78 valence electrons. The Morgan fingerprint density at radius 2 is 1.62 bits per heavy atom. The molecule has 0 bridgehead atoms. The summed E-state index contributed by atoms with van der Waals surface area (Å²) in [5.74, 6) is 0. The molecule has 0 fully saturated rings. The Kier molecular flexibility index (Phi) is 7.78. The van der Waals surface area contributed by atoms with Gasteiger partial charge < -0.3 is 0 Å². The SMILES string of the molecule is C=CC[Si](Cl)(CCCC)CCCC. The molecule has 13 heavy (non-hydrogen) atoms. The highest BCUT2D eigenvalue weighted by molar-refractivity contribution is 7.20. The number of allylic oxidation sites excluding steroid dienone is 1. The molecular weight excluding hydrogens is 196 g/mol. The van der Waals surface area contributed by atoms with Gasteiger partial charge in [-0.15, -0.1) is 6.58 Å². The Hall–Kier alpha value is 0.247. The van der Waals surface area contributed by atoms with E-state index in [1.807, 2.05) is 6.08 Å². The molecule has 0 aromatic carbocycles. The fourth-order valence-corrected chi connectivity index (χ4v) is 5.85. The third kappa shape index (κ3) is 6.34. The average Bonchev–Trinajstić information content (AvgIpc) is 2.12. The van der Waals surface area contributed by atoms with Crippen LogP contribution < -0.4 is 0 Å². The van der Waals surface area contributed by atoms with Gasteiger partial charge in [0.1, 0.15) is 0 Å². The quantitative estimate of drug-likeness (QED) is 0.307. The standard InChI is InChI=1S/C11H23ClSi/c1-4-7-10-13(12,9-6-3)11-8-5-2/h6H,3-5,7-11H2,1-2H3. The third-order valence-electron chi connectivity index (χ3n) is 2.47. The Balaban J connectivity index is 3.90. The van der Waals surface area contributed by atoms with Gasteiger partial charge in [0.15, 0.2) is 7.38 Å². The van der Waals surface area contributed by atoms with Crippen molar-refractivity contribution in [2.45, 2.75) is 57.7 Å². The van der Waals surface area contributed by atoms with Crippen molar-refractivity contribution in [2.75, 3.05) is 0 Å². The number of hydrogen-bond donors (Lipinski definition) is 0. The van der Waals surface area contributed by atoms with Crippen LogP contribution in [0.3, 0.4) is 0 Å². The van der Waals surface area contributed by atoms with Crippen LogP contribution >= 0.6 is 11.1 Å². The lowest BCUT2D eigenvalue weighted by molar-refractivity contribution is 0.835. The van der Waals surface area contributed by atoms with Crippen LogP contribution in [0.4, 0.5) is 0 Å². The van der Waals surface area contributed by atoms with Crippen LogP contribution in [-0.2, 0) is 0 Å². The van der Waals surface area contributed by atoms with E-state index in [4.69, 9.17) is 11.1 Å². The van der Waals surface area contributed by atoms with Crippen molar-refractivity contribution in [3.63, 3.8) is 0 Å². The van der Waals surface area contributed by atoms with Crippen molar-refractivity contribution in [3.8, 4) is 0 Å². The molecule has 0 saturated carbocycles. The second-order valence-electron chi connectivity index (χ2n) is 3.85. The van der Waals surface area contributed by atoms with Crippen LogP contribution in [0.5, 0.6) is 0 Å². The minimum Gasteiger partial charge on any atom is -0.167 e. The largest absolute Gasteiger partial charge is 0.167 e. The molecule has 0 N–H and O–H groups in total. The van der Waals surface area contributed by atoms with E-state index in [2.05, 4.69) is 20.4 Å². The maximum Gasteiger partial charge on any atom is 0.160 e. The maximum atomic E-state index is 6.66. The minimum absolute atomic E-state index is 1.09. The molecule has 0 aliphatic rings. The van der Waals surface area contributed by atoms with Crippen molar-refractivity contribution < 1.29 is 0 Å². The van der Waals surface area contributed by atoms with Crippen LogP contribution in [0.1, 0.15) is 39.5 Å². The third-order valence-corrected chi connectivity index (χ3v) is 7.58. The second-order valence-corrected chi connectivity index (χ2v) is 9.97. The lowest BCUT2D eigenvalue weighted by Crippen LogP contribution is -2.25. The van der Waals surface area contributed by atoms with Crippen molar-refractivity contribution >= 4 is 18.5 Å². The van der Waals surface area contributed by atoms with Crippen LogP contribution in [0.25, 0.3) is 0 Å². The van der Waals surface area contributed by atoms with Gasteiger partial charge in [0.2, 0.25) is 0 Å². The number of halogens is 1. The summed E-state index contributed by atoms with van der Waals surface area (Å²) in [4.78, 5) is 0. The molecule has 0 spiro atoms. The van der Waals surface area contributed by atoms with Gasteiger partial charge in [-0.3, -0.25) is 0 Å². The van der Waals surface area contributed by atoms with E-state index in [-0.39, 0.29) is 0 Å². The topological polar surface area (TPSA) is 0 Å². The van der Waals surface area contributed by atoms with Gasteiger partial charge in [-0.2, -0.15) is 11.1 Å². The first-order valence-corrected chi connectivity index (χ1v) is 9.11. The molecular formula is C11H23ClSi. The minimum atomic E-state index is -1.44. The Bertz CT molecular complexity index is 126. The first-order valence-electron chi connectivity index (χ1n) is 5.48. The zero-order valence-corrected chi connectivity index (χ0v) is 10.9. The second kappa shape index (κ2) is 7.63. The van der Waals surface area contributed by atoms with E-state index in [9.17, 15) is 0 Å². The molecule has 2 heteroatoms. The predicted molar refractivity (Wildman–Crippen MR) is 66.0 cm³/mol. The van der Waals surface area contributed by atoms with Gasteiger partial charge in [0.25, 0.3) is 0 Å². The zero-order valence-electron chi connectivity index (χ0n) is 9.11. The summed E-state index contributed by atoms with van der Waals surface area (Å²) in [6.07, 6.45) is 7.15. The van der Waals surface area contributed by atoms with Gasteiger partial charge in [-0.1, -0.05) is 45.6 Å². The molecule has 0 saturated heterocycles. The van der Waals surface area contributed by atoms with Gasteiger partial charge in [0.05, 0.1) is 0 Å². The smallest absolute Gasteiger partial charge is 0.160 e. The first kappa shape index (κ1) is 13.2. The fourth-order valence-electron chi connectivity index (χ4n) is 1.57. The Morgan fingerprint density at radius 1 is 1.15 bits per heavy atom. The highest BCUT2D eigenvalue weighted by Crippen LogP contribution is 2.30. The summed E-state index contributed by atoms with van der Waals surface area (Å²) >= 11 is 6.66. The fraction of sp³-hybridized carbons (Fsp3) is 0.818. The molecule has 0 unspecified atom stereocenters. The Morgan fingerprint density at radius 3 is 1.92 bits per heavy atom. The zero-order chi connectivity index (χ0) is 10.2. The van der Waals surface area contributed by atoms with E-state index < -0.39 is 7.38 Å². The van der Waals surface area contributed by atoms with E-state index >= 15 is 0 Å². The summed E-state index contributed by atoms with van der Waals surface area (Å²) in [6, 6.07) is 3.64. The average molecular weight is 219 g/mol. The molecule has 0 aliphatic carbocycles. The lowest BCUT2D eigenvalue weighted by atomic mass is 10.4. The van der Waals surface area contributed by atoms with Gasteiger partial charge in [-0.25, -0.2) is 0 Å². The summed E-state index contributed by atoms with van der Waals surface area (Å²) in [5, 5.41) is 0. The summed E-state index contributed by atoms with van der Waals surface area (Å²) in [5.41, 5.74) is 0. The van der Waals surface area contributed by atoms with Crippen LogP contribution in [-0.4, -0.2) is 7.38 Å². The van der Waals surface area contributed by atoms with Gasteiger partial charge in [-0.05, 0) is 18.1 Å². The van der Waals surface area contributed by atoms with Crippen molar-refractivity contribution in [3.05, 3.63) is 12.7 Å². The number of rotatable bonds is 8. The predicted octanol–water partition coefficient (Wildman–Crippen LogP) is 4.96. The van der Waals surface area contributed by atoms with Gasteiger partial charge in [0, 0.05) is 0 Å². The maximum absolute atomic E-state index is 6.66. The molecule has 0 aliphatic heterocycles. The highest BCUT2D eigenvalue weighted by Gasteiger charge is 2.27. The normalized spacial score (nSPS) is 11.6. The van der Waals surface area contributed by atoms with Crippen LogP contribution in [0, 0.1) is 0 Å². The first-order chi connectivity index (χ1) is 6.18. The molecule has 0 aromatic rings. The molecule has 0 rings (SSSR count). The van der Waals surface area contributed by atoms with Crippen LogP contribution in [0.2, 0.25) is 18.1 Å². The summed E-state index contributed by atoms with van der Waals surface area (Å²) in [6.45, 7) is 8.28. The number of unbranched alkanes of at least 4 members (excludes halogenated alkanes) is 2. The summed E-state index contributed by atoms with van der Waals surface area (Å²) < 4.78 is 0. The molecule has 0 aromatic heterocycles. The van der Waals surface area contributed by atoms with E-state index in [0.717, 1.165) is 6.04 Å². The van der Waals surface area contributed by atoms with E-state index in [1.54, 1.807) is 0 Å². The van der Waals surface area contributed by atoms with Crippen molar-refractivity contribution in [1.29, 1.82) is 0 Å². The number of hydrogen-bond acceptors (Lipinski definition) is 0. The molecule has 0 heterocycles. The van der Waals surface area contributed by atoms with Crippen LogP contribution in [0.15, 0.2) is 12.7 Å². The Labute approximate surface area is 89.1 Å². The molecule has 0 nitrogen and oxygen atoms in total. The molecule has 0 amide bonds.